The number of ether oxygens (including phenoxy) is 1. The van der Waals surface area contributed by atoms with Gasteiger partial charge in [-0.05, 0) is 37.7 Å². The van der Waals surface area contributed by atoms with Crippen molar-refractivity contribution in [3.8, 4) is 0 Å². The Kier molecular flexibility index (Phi) is 8.53. The molecule has 4 nitrogen and oxygen atoms in total. The van der Waals surface area contributed by atoms with E-state index in [9.17, 15) is 62.3 Å². The highest BCUT2D eigenvalue weighted by atomic mass is 32.1. The fourth-order valence-corrected chi connectivity index (χ4v) is 4.92. The van der Waals surface area contributed by atoms with Gasteiger partial charge in [0.1, 0.15) is 5.00 Å². The Bertz CT molecular complexity index is 1020. The normalized spacial score (nSPS) is 17.5. The first-order valence-electron chi connectivity index (χ1n) is 10.5. The van der Waals surface area contributed by atoms with Crippen LogP contribution in [0.25, 0.3) is 0 Å². The quantitative estimate of drug-likeness (QED) is 0.244. The highest BCUT2D eigenvalue weighted by molar-refractivity contribution is 7.17. The molecule has 1 amide bonds. The second-order valence-corrected chi connectivity index (χ2v) is 9.23. The molecule has 0 spiro atoms. The first-order chi connectivity index (χ1) is 16.7. The molecule has 1 atom stereocenters. The molecule has 0 aliphatic heterocycles. The van der Waals surface area contributed by atoms with E-state index in [1.807, 2.05) is 6.92 Å². The molecule has 1 aliphatic rings. The van der Waals surface area contributed by atoms with Crippen LogP contribution in [0.1, 0.15) is 47.5 Å². The van der Waals surface area contributed by atoms with E-state index in [0.29, 0.717) is 29.1 Å². The Morgan fingerprint density at radius 1 is 0.973 bits per heavy atom. The molecule has 0 saturated carbocycles. The predicted octanol–water partition coefficient (Wildman–Crippen LogP) is 6.82. The second kappa shape index (κ2) is 10.2. The third kappa shape index (κ3) is 4.87. The van der Waals surface area contributed by atoms with Gasteiger partial charge in [0, 0.05) is 4.88 Å². The smallest absolute Gasteiger partial charge is 0.393 e. The molecule has 1 N–H and O–H groups in total. The van der Waals surface area contributed by atoms with E-state index in [2.05, 4.69) is 0 Å². The summed E-state index contributed by atoms with van der Waals surface area (Å²) >= 11 is 0.446. The zero-order chi connectivity index (χ0) is 28.8. The number of anilines is 1. The zero-order valence-electron chi connectivity index (χ0n) is 18.9. The molecule has 1 aromatic heterocycles. The van der Waals surface area contributed by atoms with Gasteiger partial charge in [0.15, 0.2) is 0 Å². The molecule has 1 aliphatic carbocycles. The third-order valence-corrected chi connectivity index (χ3v) is 6.98. The lowest BCUT2D eigenvalue weighted by molar-refractivity contribution is -0.406. The highest BCUT2D eigenvalue weighted by Gasteiger charge is 2.89. The van der Waals surface area contributed by atoms with E-state index in [4.69, 9.17) is 4.74 Å². The maximum atomic E-state index is 14.3. The van der Waals surface area contributed by atoms with Crippen LogP contribution in [0.5, 0.6) is 0 Å². The van der Waals surface area contributed by atoms with Gasteiger partial charge in [-0.2, -0.15) is 43.9 Å². The summed E-state index contributed by atoms with van der Waals surface area (Å²) in [6, 6.07) is 0. The Morgan fingerprint density at radius 3 is 2.03 bits per heavy atom. The van der Waals surface area contributed by atoms with Crippen LogP contribution in [-0.2, 0) is 22.4 Å². The number of fused-ring (bicyclic) bond motifs is 1. The predicted molar refractivity (Wildman–Crippen MR) is 105 cm³/mol. The molecule has 17 heteroatoms. The molecule has 0 aromatic carbocycles. The van der Waals surface area contributed by atoms with Crippen LogP contribution in [0.15, 0.2) is 0 Å². The van der Waals surface area contributed by atoms with Gasteiger partial charge in [-0.3, -0.25) is 4.79 Å². The summed E-state index contributed by atoms with van der Waals surface area (Å²) in [5.74, 6) is -41.7. The maximum Gasteiger partial charge on any atom is 0.393 e. The number of carbonyl (C=O) groups excluding carboxylic acids is 2. The van der Waals surface area contributed by atoms with Gasteiger partial charge >= 0.3 is 47.9 Å². The summed E-state index contributed by atoms with van der Waals surface area (Å²) in [5.41, 5.74) is -0.350. The SMILES string of the molecule is CCOC(=O)c1c(NC(=O)C(F)(F)C(F)(F)C(F)(F)C(F)(F)C(F)(F)C(F)F)sc2c1CCC(CC)C2. The molecule has 0 radical (unpaired) electrons. The minimum atomic E-state index is -7.84. The van der Waals surface area contributed by atoms with E-state index >= 15 is 0 Å². The lowest BCUT2D eigenvalue weighted by Crippen LogP contribution is -2.70. The monoisotopic (exact) mass is 581 g/mol. The van der Waals surface area contributed by atoms with Crippen molar-refractivity contribution in [2.24, 2.45) is 5.92 Å². The van der Waals surface area contributed by atoms with Crippen LogP contribution in [-0.4, -0.2) is 54.5 Å². The standard InChI is InChI=1S/C20H19F12NO3S/c1-3-8-5-6-9-10(7-8)37-12(11(9)13(34)36-4-2)33-15(35)17(25,26)19(29,30)20(31,32)18(27,28)16(23,24)14(21)22/h8,14H,3-7H2,1-2H3,(H,33,35). The van der Waals surface area contributed by atoms with Crippen molar-refractivity contribution in [2.45, 2.75) is 75.6 Å². The largest absolute Gasteiger partial charge is 0.462 e. The third-order valence-electron chi connectivity index (χ3n) is 5.81. The van der Waals surface area contributed by atoms with Crippen LogP contribution < -0.4 is 5.32 Å². The molecule has 0 fully saturated rings. The first-order valence-corrected chi connectivity index (χ1v) is 11.3. The van der Waals surface area contributed by atoms with E-state index in [1.165, 1.54) is 6.92 Å². The lowest BCUT2D eigenvalue weighted by Gasteiger charge is -2.38. The van der Waals surface area contributed by atoms with Gasteiger partial charge in [0.05, 0.1) is 12.2 Å². The minimum Gasteiger partial charge on any atom is -0.462 e. The number of esters is 1. The molecule has 212 valence electrons. The molecule has 1 aromatic rings. The molecule has 0 bridgehead atoms. The Morgan fingerprint density at radius 2 is 1.54 bits per heavy atom. The number of hydrogen-bond donors (Lipinski definition) is 1. The topological polar surface area (TPSA) is 55.4 Å². The minimum absolute atomic E-state index is 0.0490. The van der Waals surface area contributed by atoms with Crippen molar-refractivity contribution in [2.75, 3.05) is 11.9 Å². The first kappa shape index (κ1) is 31.0. The molecular formula is C20H19F12NO3S. The summed E-state index contributed by atoms with van der Waals surface area (Å²) in [6.07, 6.45) is -4.09. The molecule has 1 heterocycles. The molecule has 37 heavy (non-hydrogen) atoms. The maximum absolute atomic E-state index is 14.3. The van der Waals surface area contributed by atoms with Gasteiger partial charge in [-0.15, -0.1) is 11.3 Å². The number of amides is 1. The van der Waals surface area contributed by atoms with Crippen molar-refractivity contribution in [1.82, 2.24) is 0 Å². The number of rotatable bonds is 10. The number of nitrogens with one attached hydrogen (secondary N) is 1. The highest BCUT2D eigenvalue weighted by Crippen LogP contribution is 2.58. The average Bonchev–Trinajstić information content (AvgIpc) is 3.15. The van der Waals surface area contributed by atoms with E-state index < -0.39 is 58.5 Å². The van der Waals surface area contributed by atoms with Gasteiger partial charge in [0.25, 0.3) is 0 Å². The van der Waals surface area contributed by atoms with Crippen molar-refractivity contribution in [3.63, 3.8) is 0 Å². The van der Waals surface area contributed by atoms with Crippen molar-refractivity contribution in [3.05, 3.63) is 16.0 Å². The fourth-order valence-electron chi connectivity index (χ4n) is 3.57. The summed E-state index contributed by atoms with van der Waals surface area (Å²) in [7, 11) is 0. The molecular weight excluding hydrogens is 562 g/mol. The van der Waals surface area contributed by atoms with E-state index in [-0.39, 0.29) is 30.9 Å². The zero-order valence-corrected chi connectivity index (χ0v) is 19.7. The number of halogens is 12. The summed E-state index contributed by atoms with van der Waals surface area (Å²) < 4.78 is 166. The molecule has 0 saturated heterocycles. The van der Waals surface area contributed by atoms with Crippen LogP contribution in [0, 0.1) is 5.92 Å². The molecule has 1 unspecified atom stereocenters. The summed E-state index contributed by atoms with van der Waals surface area (Å²) in [5, 5.41) is 0.253. The van der Waals surface area contributed by atoms with Crippen molar-refractivity contribution in [1.29, 1.82) is 0 Å². The van der Waals surface area contributed by atoms with Gasteiger partial charge in [-0.25, -0.2) is 13.6 Å². The van der Waals surface area contributed by atoms with Crippen molar-refractivity contribution < 1.29 is 67.0 Å². The number of carbonyl (C=O) groups is 2. The van der Waals surface area contributed by atoms with E-state index in [0.717, 1.165) is 5.32 Å². The van der Waals surface area contributed by atoms with Gasteiger partial charge in [-0.1, -0.05) is 13.3 Å². The van der Waals surface area contributed by atoms with Crippen LogP contribution in [0.2, 0.25) is 0 Å². The number of thiophene rings is 1. The lowest BCUT2D eigenvalue weighted by atomic mass is 9.85. The van der Waals surface area contributed by atoms with Gasteiger partial charge in [0.2, 0.25) is 0 Å². The van der Waals surface area contributed by atoms with E-state index in [1.54, 1.807) is 0 Å². The van der Waals surface area contributed by atoms with Crippen LogP contribution in [0.3, 0.4) is 0 Å². The second-order valence-electron chi connectivity index (χ2n) is 8.12. The Balaban J connectivity index is 2.51. The van der Waals surface area contributed by atoms with Crippen molar-refractivity contribution >= 4 is 28.2 Å². The fraction of sp³-hybridized carbons (Fsp3) is 0.700. The number of alkyl halides is 12. The molecule has 2 rings (SSSR count). The Labute approximate surface area is 205 Å². The Hall–Kier alpha value is -2.20. The van der Waals surface area contributed by atoms with Crippen LogP contribution in [0.4, 0.5) is 57.7 Å². The number of hydrogen-bond acceptors (Lipinski definition) is 4. The van der Waals surface area contributed by atoms with Crippen LogP contribution >= 0.6 is 11.3 Å². The average molecular weight is 581 g/mol. The van der Waals surface area contributed by atoms with Gasteiger partial charge < -0.3 is 10.1 Å². The summed E-state index contributed by atoms with van der Waals surface area (Å²) in [6.45, 7) is 2.89. The summed E-state index contributed by atoms with van der Waals surface area (Å²) in [4.78, 5) is 24.7.